The lowest BCUT2D eigenvalue weighted by Gasteiger charge is -2.06. The van der Waals surface area contributed by atoms with Crippen molar-refractivity contribution in [1.82, 2.24) is 0 Å². The van der Waals surface area contributed by atoms with Crippen LogP contribution in [0.4, 0.5) is 0 Å². The minimum Gasteiger partial charge on any atom is -0.465 e. The summed E-state index contributed by atoms with van der Waals surface area (Å²) in [6.07, 6.45) is 2.50. The number of ether oxygens (including phenoxy) is 1. The molecule has 4 heteroatoms. The van der Waals surface area contributed by atoms with E-state index in [0.717, 1.165) is 11.3 Å². The summed E-state index contributed by atoms with van der Waals surface area (Å²) in [5.41, 5.74) is 1.98. The molecule has 17 heavy (non-hydrogen) atoms. The Hall–Kier alpha value is -1.29. The van der Waals surface area contributed by atoms with Crippen LogP contribution in [0.3, 0.4) is 0 Å². The molecule has 0 amide bonds. The fourth-order valence-electron chi connectivity index (χ4n) is 1.55. The number of ketones is 1. The van der Waals surface area contributed by atoms with Gasteiger partial charge in [-0.2, -0.15) is 11.8 Å². The Morgan fingerprint density at radius 1 is 1.35 bits per heavy atom. The highest BCUT2D eigenvalue weighted by molar-refractivity contribution is 7.98. The quantitative estimate of drug-likeness (QED) is 0.597. The Balaban J connectivity index is 2.89. The van der Waals surface area contributed by atoms with Crippen molar-refractivity contribution in [3.05, 3.63) is 34.9 Å². The Morgan fingerprint density at radius 3 is 2.59 bits per heavy atom. The lowest BCUT2D eigenvalue weighted by molar-refractivity contribution is 0.0600. The van der Waals surface area contributed by atoms with Crippen molar-refractivity contribution in [3.8, 4) is 0 Å². The summed E-state index contributed by atoms with van der Waals surface area (Å²) < 4.78 is 4.63. The molecular formula is C13H16O3S. The minimum absolute atomic E-state index is 0.119. The van der Waals surface area contributed by atoms with Gasteiger partial charge in [-0.15, -0.1) is 0 Å². The average Bonchev–Trinajstić information content (AvgIpc) is 2.34. The predicted octanol–water partition coefficient (Wildman–Crippen LogP) is 2.72. The number of carbonyl (C=O) groups excluding carboxylic acids is 2. The van der Waals surface area contributed by atoms with Crippen LogP contribution < -0.4 is 0 Å². The molecule has 0 atom stereocenters. The highest BCUT2D eigenvalue weighted by Gasteiger charge is 2.12. The number of rotatable bonds is 5. The zero-order valence-corrected chi connectivity index (χ0v) is 11.1. The molecule has 0 aromatic heterocycles. The van der Waals surface area contributed by atoms with E-state index in [9.17, 15) is 9.59 Å². The first-order valence-corrected chi connectivity index (χ1v) is 6.70. The minimum atomic E-state index is -0.379. The second-order valence-electron chi connectivity index (χ2n) is 3.69. The van der Waals surface area contributed by atoms with Gasteiger partial charge >= 0.3 is 5.97 Å². The fraction of sp³-hybridized carbons (Fsp3) is 0.385. The van der Waals surface area contributed by atoms with Gasteiger partial charge in [-0.1, -0.05) is 6.07 Å². The standard InChI is InChI=1S/C13H16O3S/c1-9-8-10(13(15)16-2)4-5-11(9)12(14)6-7-17-3/h4-5,8H,6-7H2,1-3H3. The summed E-state index contributed by atoms with van der Waals surface area (Å²) >= 11 is 1.65. The SMILES string of the molecule is COC(=O)c1ccc(C(=O)CCSC)c(C)c1. The number of hydrogen-bond donors (Lipinski definition) is 0. The molecule has 1 rings (SSSR count). The Kier molecular flexibility index (Phi) is 5.22. The van der Waals surface area contributed by atoms with Crippen LogP contribution in [0.2, 0.25) is 0 Å². The molecule has 0 unspecified atom stereocenters. The predicted molar refractivity (Wildman–Crippen MR) is 69.8 cm³/mol. The van der Waals surface area contributed by atoms with Crippen molar-refractivity contribution in [3.63, 3.8) is 0 Å². The van der Waals surface area contributed by atoms with E-state index in [2.05, 4.69) is 4.74 Å². The highest BCUT2D eigenvalue weighted by Crippen LogP contribution is 2.15. The van der Waals surface area contributed by atoms with Crippen LogP contribution >= 0.6 is 11.8 Å². The van der Waals surface area contributed by atoms with Gasteiger partial charge in [-0.05, 0) is 30.9 Å². The third-order valence-corrected chi connectivity index (χ3v) is 3.09. The van der Waals surface area contributed by atoms with E-state index in [4.69, 9.17) is 0 Å². The zero-order chi connectivity index (χ0) is 12.8. The van der Waals surface area contributed by atoms with Crippen LogP contribution in [0, 0.1) is 6.92 Å². The molecule has 0 saturated heterocycles. The fourth-order valence-corrected chi connectivity index (χ4v) is 1.94. The largest absolute Gasteiger partial charge is 0.465 e. The maximum atomic E-state index is 11.8. The number of carbonyl (C=O) groups is 2. The number of methoxy groups -OCH3 is 1. The van der Waals surface area contributed by atoms with E-state index < -0.39 is 0 Å². The molecule has 1 aromatic rings. The Bertz CT molecular complexity index is 427. The second-order valence-corrected chi connectivity index (χ2v) is 4.67. The van der Waals surface area contributed by atoms with Gasteiger partial charge in [-0.25, -0.2) is 4.79 Å². The highest BCUT2D eigenvalue weighted by atomic mass is 32.2. The number of hydrogen-bond acceptors (Lipinski definition) is 4. The Morgan fingerprint density at radius 2 is 2.06 bits per heavy atom. The third kappa shape index (κ3) is 3.60. The third-order valence-electron chi connectivity index (χ3n) is 2.48. The first-order chi connectivity index (χ1) is 8.10. The first-order valence-electron chi connectivity index (χ1n) is 5.31. The molecule has 0 bridgehead atoms. The average molecular weight is 252 g/mol. The number of thioether (sulfide) groups is 1. The molecule has 1 aromatic carbocycles. The lowest BCUT2D eigenvalue weighted by atomic mass is 10.0. The van der Waals surface area contributed by atoms with Crippen molar-refractivity contribution < 1.29 is 14.3 Å². The molecule has 0 saturated carbocycles. The van der Waals surface area contributed by atoms with E-state index in [1.165, 1.54) is 7.11 Å². The summed E-state index contributed by atoms with van der Waals surface area (Å²) in [7, 11) is 1.34. The number of Topliss-reactive ketones (excluding diaryl/α,β-unsaturated/α-hetero) is 1. The van der Waals surface area contributed by atoms with Crippen LogP contribution in [0.1, 0.15) is 32.7 Å². The molecule has 0 fully saturated rings. The van der Waals surface area contributed by atoms with Crippen LogP contribution in [0.25, 0.3) is 0 Å². The lowest BCUT2D eigenvalue weighted by Crippen LogP contribution is -2.06. The number of esters is 1. The van der Waals surface area contributed by atoms with Crippen molar-refractivity contribution >= 4 is 23.5 Å². The molecule has 0 N–H and O–H groups in total. The first kappa shape index (κ1) is 13.8. The maximum Gasteiger partial charge on any atom is 0.337 e. The van der Waals surface area contributed by atoms with Gasteiger partial charge < -0.3 is 4.74 Å². The van der Waals surface area contributed by atoms with E-state index in [-0.39, 0.29) is 11.8 Å². The number of benzene rings is 1. The van der Waals surface area contributed by atoms with Crippen LogP contribution in [0.15, 0.2) is 18.2 Å². The van der Waals surface area contributed by atoms with Gasteiger partial charge in [-0.3, -0.25) is 4.79 Å². The van der Waals surface area contributed by atoms with E-state index in [0.29, 0.717) is 17.5 Å². The van der Waals surface area contributed by atoms with Crippen LogP contribution in [-0.2, 0) is 4.74 Å². The number of aryl methyl sites for hydroxylation is 1. The van der Waals surface area contributed by atoms with Gasteiger partial charge in [0.2, 0.25) is 0 Å². The summed E-state index contributed by atoms with van der Waals surface area (Å²) in [5, 5.41) is 0. The topological polar surface area (TPSA) is 43.4 Å². The van der Waals surface area contributed by atoms with E-state index in [1.54, 1.807) is 30.0 Å². The van der Waals surface area contributed by atoms with Gasteiger partial charge in [0.05, 0.1) is 12.7 Å². The van der Waals surface area contributed by atoms with Crippen molar-refractivity contribution in [2.24, 2.45) is 0 Å². The summed E-state index contributed by atoms with van der Waals surface area (Å²) in [6.45, 7) is 1.83. The van der Waals surface area contributed by atoms with Crippen molar-refractivity contribution in [2.75, 3.05) is 19.1 Å². The summed E-state index contributed by atoms with van der Waals surface area (Å²) in [5.74, 6) is 0.557. The molecule has 0 spiro atoms. The zero-order valence-electron chi connectivity index (χ0n) is 10.3. The normalized spacial score (nSPS) is 10.1. The molecule has 0 aliphatic rings. The van der Waals surface area contributed by atoms with E-state index in [1.807, 2.05) is 13.2 Å². The van der Waals surface area contributed by atoms with Crippen LogP contribution in [-0.4, -0.2) is 30.9 Å². The van der Waals surface area contributed by atoms with Crippen molar-refractivity contribution in [2.45, 2.75) is 13.3 Å². The summed E-state index contributed by atoms with van der Waals surface area (Å²) in [4.78, 5) is 23.2. The van der Waals surface area contributed by atoms with Gasteiger partial charge in [0.15, 0.2) is 5.78 Å². The van der Waals surface area contributed by atoms with Crippen LogP contribution in [0.5, 0.6) is 0 Å². The molecule has 0 heterocycles. The maximum absolute atomic E-state index is 11.8. The van der Waals surface area contributed by atoms with Gasteiger partial charge in [0, 0.05) is 17.7 Å². The molecule has 0 aliphatic heterocycles. The summed E-state index contributed by atoms with van der Waals surface area (Å²) in [6, 6.07) is 5.02. The second kappa shape index (κ2) is 6.45. The smallest absolute Gasteiger partial charge is 0.337 e. The monoisotopic (exact) mass is 252 g/mol. The molecule has 92 valence electrons. The molecule has 0 radical (unpaired) electrons. The van der Waals surface area contributed by atoms with E-state index >= 15 is 0 Å². The van der Waals surface area contributed by atoms with Gasteiger partial charge in [0.25, 0.3) is 0 Å². The molecular weight excluding hydrogens is 236 g/mol. The Labute approximate surface area is 106 Å². The van der Waals surface area contributed by atoms with Gasteiger partial charge in [0.1, 0.15) is 0 Å². The molecule has 3 nitrogen and oxygen atoms in total. The molecule has 0 aliphatic carbocycles. The van der Waals surface area contributed by atoms with Crippen molar-refractivity contribution in [1.29, 1.82) is 0 Å².